The number of sulfonamides is 1. The highest BCUT2D eigenvalue weighted by molar-refractivity contribution is 7.93. The van der Waals surface area contributed by atoms with Crippen LogP contribution in [0.3, 0.4) is 0 Å². The first-order valence-electron chi connectivity index (χ1n) is 6.49. The summed E-state index contributed by atoms with van der Waals surface area (Å²) in [6.45, 7) is 0.656. The predicted molar refractivity (Wildman–Crippen MR) is 84.2 cm³/mol. The van der Waals surface area contributed by atoms with E-state index < -0.39 is 10.0 Å². The summed E-state index contributed by atoms with van der Waals surface area (Å²) in [6, 6.07) is 5.36. The number of hydrogen-bond donors (Lipinski definition) is 2. The number of nitrogens with zero attached hydrogens (tertiary/aromatic N) is 1. The zero-order valence-electron chi connectivity index (χ0n) is 11.0. The van der Waals surface area contributed by atoms with Crippen LogP contribution in [0.4, 0.5) is 5.13 Å². The molecule has 0 bridgehead atoms. The number of rotatable bonds is 6. The van der Waals surface area contributed by atoms with Gasteiger partial charge in [-0.25, -0.2) is 13.4 Å². The molecule has 0 atom stereocenters. The molecule has 0 saturated heterocycles. The maximum absolute atomic E-state index is 12.2. The third kappa shape index (κ3) is 3.74. The molecule has 21 heavy (non-hydrogen) atoms. The SMILES string of the molecule is O=S(=O)(Nc1nccs1)c1ccc(CNC2CC2)c(Cl)c1. The summed E-state index contributed by atoms with van der Waals surface area (Å²) in [4.78, 5) is 4.04. The van der Waals surface area contributed by atoms with Crippen molar-refractivity contribution in [3.63, 3.8) is 0 Å². The van der Waals surface area contributed by atoms with Crippen LogP contribution >= 0.6 is 22.9 Å². The molecule has 1 aromatic carbocycles. The molecular formula is C13H14ClN3O2S2. The quantitative estimate of drug-likeness (QED) is 0.846. The molecule has 1 fully saturated rings. The van der Waals surface area contributed by atoms with Gasteiger partial charge >= 0.3 is 0 Å². The minimum atomic E-state index is -3.65. The first-order chi connectivity index (χ1) is 10.0. The first kappa shape index (κ1) is 14.8. The van der Waals surface area contributed by atoms with Crippen LogP contribution in [-0.4, -0.2) is 19.4 Å². The fourth-order valence-corrected chi connectivity index (χ4v) is 3.95. The standard InChI is InChI=1S/C13H14ClN3O2S2/c14-12-7-11(4-1-9(12)8-16-10-2-3-10)21(18,19)17-13-15-5-6-20-13/h1,4-7,10,16H,2-3,8H2,(H,15,17). The molecule has 3 rings (SSSR count). The van der Waals surface area contributed by atoms with Crippen LogP contribution in [0.15, 0.2) is 34.7 Å². The molecule has 8 heteroatoms. The van der Waals surface area contributed by atoms with Gasteiger partial charge in [0.25, 0.3) is 10.0 Å². The third-order valence-electron chi connectivity index (χ3n) is 3.15. The van der Waals surface area contributed by atoms with Crippen LogP contribution in [0.5, 0.6) is 0 Å². The minimum Gasteiger partial charge on any atom is -0.310 e. The van der Waals surface area contributed by atoms with E-state index in [9.17, 15) is 8.42 Å². The highest BCUT2D eigenvalue weighted by Gasteiger charge is 2.21. The Bertz CT molecular complexity index is 728. The van der Waals surface area contributed by atoms with Crippen LogP contribution in [0, 0.1) is 0 Å². The van der Waals surface area contributed by atoms with Gasteiger partial charge < -0.3 is 5.32 Å². The van der Waals surface area contributed by atoms with Crippen LogP contribution in [0.2, 0.25) is 5.02 Å². The molecule has 5 nitrogen and oxygen atoms in total. The number of hydrogen-bond acceptors (Lipinski definition) is 5. The van der Waals surface area contributed by atoms with Gasteiger partial charge in [0.05, 0.1) is 4.90 Å². The summed E-state index contributed by atoms with van der Waals surface area (Å²) in [5.74, 6) is 0. The molecule has 1 heterocycles. The van der Waals surface area contributed by atoms with Crippen molar-refractivity contribution in [2.24, 2.45) is 0 Å². The van der Waals surface area contributed by atoms with Crippen LogP contribution in [-0.2, 0) is 16.6 Å². The van der Waals surface area contributed by atoms with Crippen molar-refractivity contribution in [3.8, 4) is 0 Å². The Balaban J connectivity index is 1.76. The van der Waals surface area contributed by atoms with E-state index in [-0.39, 0.29) is 4.90 Å². The lowest BCUT2D eigenvalue weighted by atomic mass is 10.2. The average molecular weight is 344 g/mol. The van der Waals surface area contributed by atoms with Crippen molar-refractivity contribution in [2.75, 3.05) is 4.72 Å². The van der Waals surface area contributed by atoms with Gasteiger partial charge in [0.2, 0.25) is 0 Å². The molecule has 1 aromatic heterocycles. The Morgan fingerprint density at radius 3 is 2.81 bits per heavy atom. The smallest absolute Gasteiger partial charge is 0.263 e. The maximum atomic E-state index is 12.2. The zero-order chi connectivity index (χ0) is 14.9. The van der Waals surface area contributed by atoms with Gasteiger partial charge in [0.15, 0.2) is 5.13 Å². The van der Waals surface area contributed by atoms with Gasteiger partial charge in [-0.3, -0.25) is 4.72 Å². The Labute approximate surface area is 132 Å². The fourth-order valence-electron chi connectivity index (χ4n) is 1.83. The molecular weight excluding hydrogens is 330 g/mol. The predicted octanol–water partition coefficient (Wildman–Crippen LogP) is 2.85. The number of halogens is 1. The van der Waals surface area contributed by atoms with Gasteiger partial charge in [-0.15, -0.1) is 11.3 Å². The van der Waals surface area contributed by atoms with Gasteiger partial charge in [0.1, 0.15) is 0 Å². The molecule has 0 amide bonds. The van der Waals surface area contributed by atoms with E-state index in [1.807, 2.05) is 0 Å². The summed E-state index contributed by atoms with van der Waals surface area (Å²) in [7, 11) is -3.65. The Kier molecular flexibility index (Phi) is 4.17. The van der Waals surface area contributed by atoms with E-state index in [1.165, 1.54) is 30.2 Å². The summed E-state index contributed by atoms with van der Waals surface area (Å²) in [5, 5.41) is 5.84. The summed E-state index contributed by atoms with van der Waals surface area (Å²) in [5.41, 5.74) is 0.900. The second-order valence-corrected chi connectivity index (χ2v) is 7.84. The van der Waals surface area contributed by atoms with Crippen LogP contribution < -0.4 is 10.0 Å². The molecule has 1 aliphatic carbocycles. The Morgan fingerprint density at radius 2 is 2.19 bits per heavy atom. The van der Waals surface area contributed by atoms with Gasteiger partial charge in [0, 0.05) is 29.2 Å². The van der Waals surface area contributed by atoms with Crippen molar-refractivity contribution in [1.82, 2.24) is 10.3 Å². The number of aromatic nitrogens is 1. The second kappa shape index (κ2) is 5.92. The fraction of sp³-hybridized carbons (Fsp3) is 0.308. The van der Waals surface area contributed by atoms with E-state index >= 15 is 0 Å². The van der Waals surface area contributed by atoms with E-state index in [0.29, 0.717) is 22.7 Å². The molecule has 112 valence electrons. The zero-order valence-corrected chi connectivity index (χ0v) is 13.4. The molecule has 2 N–H and O–H groups in total. The van der Waals surface area contributed by atoms with Crippen molar-refractivity contribution < 1.29 is 8.42 Å². The topological polar surface area (TPSA) is 71.1 Å². The van der Waals surface area contributed by atoms with Gasteiger partial charge in [-0.1, -0.05) is 17.7 Å². The summed E-state index contributed by atoms with van der Waals surface area (Å²) in [6.07, 6.45) is 3.94. The van der Waals surface area contributed by atoms with Crippen molar-refractivity contribution >= 4 is 38.1 Å². The van der Waals surface area contributed by atoms with Crippen molar-refractivity contribution in [2.45, 2.75) is 30.3 Å². The lowest BCUT2D eigenvalue weighted by molar-refractivity contribution is 0.601. The molecule has 0 radical (unpaired) electrons. The van der Waals surface area contributed by atoms with Gasteiger partial charge in [-0.2, -0.15) is 0 Å². The summed E-state index contributed by atoms with van der Waals surface area (Å²) >= 11 is 7.40. The monoisotopic (exact) mass is 343 g/mol. The molecule has 1 aliphatic rings. The summed E-state index contributed by atoms with van der Waals surface area (Å²) < 4.78 is 26.9. The number of nitrogens with one attached hydrogen (secondary N) is 2. The van der Waals surface area contributed by atoms with E-state index in [0.717, 1.165) is 5.56 Å². The lowest BCUT2D eigenvalue weighted by Crippen LogP contribution is -2.16. The van der Waals surface area contributed by atoms with Gasteiger partial charge in [-0.05, 0) is 30.5 Å². The highest BCUT2D eigenvalue weighted by Crippen LogP contribution is 2.25. The third-order valence-corrected chi connectivity index (χ3v) is 5.65. The highest BCUT2D eigenvalue weighted by atomic mass is 35.5. The number of benzene rings is 1. The minimum absolute atomic E-state index is 0.137. The number of anilines is 1. The van der Waals surface area contributed by atoms with Crippen molar-refractivity contribution in [3.05, 3.63) is 40.4 Å². The normalized spacial score (nSPS) is 15.1. The molecule has 0 aliphatic heterocycles. The van der Waals surface area contributed by atoms with Crippen LogP contribution in [0.1, 0.15) is 18.4 Å². The second-order valence-electron chi connectivity index (χ2n) is 4.85. The average Bonchev–Trinajstić information content (AvgIpc) is 3.14. The molecule has 0 unspecified atom stereocenters. The van der Waals surface area contributed by atoms with E-state index in [4.69, 9.17) is 11.6 Å². The maximum Gasteiger partial charge on any atom is 0.263 e. The molecule has 2 aromatic rings. The first-order valence-corrected chi connectivity index (χ1v) is 9.23. The molecule has 1 saturated carbocycles. The molecule has 0 spiro atoms. The largest absolute Gasteiger partial charge is 0.310 e. The van der Waals surface area contributed by atoms with E-state index in [2.05, 4.69) is 15.0 Å². The lowest BCUT2D eigenvalue weighted by Gasteiger charge is -2.09. The number of thiazole rings is 1. The Morgan fingerprint density at radius 1 is 1.38 bits per heavy atom. The van der Waals surface area contributed by atoms with E-state index in [1.54, 1.807) is 23.7 Å². The Hall–Kier alpha value is -1.15. The van der Waals surface area contributed by atoms with Crippen molar-refractivity contribution in [1.29, 1.82) is 0 Å². The van der Waals surface area contributed by atoms with Crippen LogP contribution in [0.25, 0.3) is 0 Å².